The number of piperidine rings is 1. The molecule has 1 N–H and O–H groups in total. The van der Waals surface area contributed by atoms with Crippen molar-refractivity contribution in [3.63, 3.8) is 0 Å². The van der Waals surface area contributed by atoms with Crippen LogP contribution in [0.15, 0.2) is 65.7 Å². The summed E-state index contributed by atoms with van der Waals surface area (Å²) in [6.45, 7) is 4.45. The molecule has 0 bridgehead atoms. The molecule has 1 aromatic heterocycles. The van der Waals surface area contributed by atoms with Gasteiger partial charge < -0.3 is 24.1 Å². The van der Waals surface area contributed by atoms with Crippen LogP contribution in [0.3, 0.4) is 0 Å². The summed E-state index contributed by atoms with van der Waals surface area (Å²) in [5.41, 5.74) is 3.29. The number of fused-ring (bicyclic) bond motifs is 1. The van der Waals surface area contributed by atoms with Crippen LogP contribution in [0.5, 0.6) is 5.75 Å². The number of oxime groups is 1. The van der Waals surface area contributed by atoms with Crippen LogP contribution in [-0.4, -0.2) is 45.7 Å². The van der Waals surface area contributed by atoms with E-state index in [4.69, 9.17) is 9.57 Å². The minimum absolute atomic E-state index is 0.299. The number of aryl methyl sites for hydroxylation is 1. The third kappa shape index (κ3) is 3.74. The summed E-state index contributed by atoms with van der Waals surface area (Å²) in [7, 11) is 1.65. The highest BCUT2D eigenvalue weighted by molar-refractivity contribution is 6.03. The number of ether oxygens (including phenoxy) is 1. The lowest BCUT2D eigenvalue weighted by Crippen LogP contribution is -2.52. The minimum atomic E-state index is -1.17. The molecule has 8 heteroatoms. The molecule has 2 aromatic carbocycles. The van der Waals surface area contributed by atoms with E-state index in [9.17, 15) is 9.50 Å². The van der Waals surface area contributed by atoms with E-state index >= 15 is 0 Å². The van der Waals surface area contributed by atoms with E-state index in [1.54, 1.807) is 25.6 Å². The van der Waals surface area contributed by atoms with Crippen molar-refractivity contribution in [2.45, 2.75) is 26.0 Å². The maximum atomic E-state index is 13.5. The number of aliphatic hydroxyl groups excluding tert-OH is 1. The first-order valence-corrected chi connectivity index (χ1v) is 11.2. The summed E-state index contributed by atoms with van der Waals surface area (Å²) >= 11 is 0. The van der Waals surface area contributed by atoms with Gasteiger partial charge in [0.05, 0.1) is 24.8 Å². The summed E-state index contributed by atoms with van der Waals surface area (Å²) in [6.07, 6.45) is 6.61. The molecule has 7 nitrogen and oxygen atoms in total. The maximum absolute atomic E-state index is 13.5. The molecule has 2 aliphatic heterocycles. The van der Waals surface area contributed by atoms with Gasteiger partial charge >= 0.3 is 0 Å². The first kappa shape index (κ1) is 22.2. The Labute approximate surface area is 197 Å². The summed E-state index contributed by atoms with van der Waals surface area (Å²) in [5.74, 6) is 1.37. The van der Waals surface area contributed by atoms with Gasteiger partial charge in [-0.25, -0.2) is 9.37 Å². The fourth-order valence-corrected chi connectivity index (χ4v) is 4.70. The zero-order valence-corrected chi connectivity index (χ0v) is 19.4. The number of halogens is 1. The van der Waals surface area contributed by atoms with Crippen LogP contribution in [0, 0.1) is 18.7 Å². The van der Waals surface area contributed by atoms with E-state index in [2.05, 4.69) is 23.1 Å². The first-order chi connectivity index (χ1) is 16.4. The number of benzene rings is 2. The molecule has 0 aliphatic carbocycles. The number of nitrogens with zero attached hydrogens (tertiary/aromatic N) is 4. The third-order valence-corrected chi connectivity index (χ3v) is 6.37. The molecule has 5 rings (SSSR count). The second kappa shape index (κ2) is 8.61. The van der Waals surface area contributed by atoms with E-state index in [1.165, 1.54) is 12.1 Å². The Morgan fingerprint density at radius 1 is 1.26 bits per heavy atom. The van der Waals surface area contributed by atoms with Crippen molar-refractivity contribution in [3.05, 3.63) is 83.2 Å². The van der Waals surface area contributed by atoms with Crippen molar-refractivity contribution >= 4 is 11.9 Å². The smallest absolute Gasteiger partial charge is 0.260 e. The second-order valence-corrected chi connectivity index (χ2v) is 8.90. The molecule has 3 aromatic rings. The number of hydrogen-bond donors (Lipinski definition) is 1. The maximum Gasteiger partial charge on any atom is 0.260 e. The predicted molar refractivity (Wildman–Crippen MR) is 127 cm³/mol. The van der Waals surface area contributed by atoms with Crippen LogP contribution in [0.1, 0.15) is 30.2 Å². The van der Waals surface area contributed by atoms with Crippen molar-refractivity contribution in [3.8, 4) is 11.4 Å². The van der Waals surface area contributed by atoms with Gasteiger partial charge in [-0.05, 0) is 72.9 Å². The second-order valence-electron chi connectivity index (χ2n) is 8.90. The number of methoxy groups -OCH3 is 1. The van der Waals surface area contributed by atoms with Crippen LogP contribution in [0.25, 0.3) is 11.8 Å². The molecule has 0 unspecified atom stereocenters. The Balaban J connectivity index is 1.50. The Hall–Kier alpha value is -3.65. The fourth-order valence-electron chi connectivity index (χ4n) is 4.70. The van der Waals surface area contributed by atoms with Gasteiger partial charge in [0.15, 0.2) is 5.84 Å². The zero-order valence-electron chi connectivity index (χ0n) is 19.4. The predicted octanol–water partition coefficient (Wildman–Crippen LogP) is 4.24. The van der Waals surface area contributed by atoms with Crippen LogP contribution in [-0.2, 0) is 10.6 Å². The molecule has 1 saturated heterocycles. The lowest BCUT2D eigenvalue weighted by Gasteiger charge is -2.41. The lowest BCUT2D eigenvalue weighted by molar-refractivity contribution is -0.140. The van der Waals surface area contributed by atoms with Gasteiger partial charge in [0.2, 0.25) is 0 Å². The SMILES string of the molecule is COc1cc(C=C2C[C@@H](C)CN3C2=NO[C@]3(CO)c2ccc(F)cc2)ccc1-n1cnc(C)c1. The summed E-state index contributed by atoms with van der Waals surface area (Å²) in [5, 5.41) is 14.8. The quantitative estimate of drug-likeness (QED) is 0.614. The summed E-state index contributed by atoms with van der Waals surface area (Å²) < 4.78 is 21.1. The lowest BCUT2D eigenvalue weighted by atomic mass is 9.89. The van der Waals surface area contributed by atoms with Gasteiger partial charge in [0, 0.05) is 18.3 Å². The van der Waals surface area contributed by atoms with Crippen molar-refractivity contribution in [2.24, 2.45) is 11.1 Å². The van der Waals surface area contributed by atoms with Crippen molar-refractivity contribution in [2.75, 3.05) is 20.3 Å². The fraction of sp³-hybridized carbons (Fsp3) is 0.308. The monoisotopic (exact) mass is 462 g/mol. The van der Waals surface area contributed by atoms with Crippen LogP contribution < -0.4 is 4.74 Å². The van der Waals surface area contributed by atoms with E-state index in [0.29, 0.717) is 23.9 Å². The average Bonchev–Trinajstić information content (AvgIpc) is 3.43. The van der Waals surface area contributed by atoms with Gasteiger partial charge in [-0.15, -0.1) is 0 Å². The van der Waals surface area contributed by atoms with Gasteiger partial charge in [0.1, 0.15) is 18.2 Å². The molecular formula is C26H27FN4O3. The number of aromatic nitrogens is 2. The number of amidine groups is 1. The summed E-state index contributed by atoms with van der Waals surface area (Å²) in [6, 6.07) is 12.0. The first-order valence-electron chi connectivity index (χ1n) is 11.2. The number of imidazole rings is 1. The third-order valence-electron chi connectivity index (χ3n) is 6.37. The van der Waals surface area contributed by atoms with Crippen LogP contribution >= 0.6 is 0 Å². The highest BCUT2D eigenvalue weighted by atomic mass is 19.1. The molecular weight excluding hydrogens is 435 g/mol. The minimum Gasteiger partial charge on any atom is -0.495 e. The molecule has 0 spiro atoms. The molecule has 0 radical (unpaired) electrons. The molecule has 3 heterocycles. The van der Waals surface area contributed by atoms with E-state index < -0.39 is 5.72 Å². The highest BCUT2D eigenvalue weighted by Crippen LogP contribution is 2.41. The van der Waals surface area contributed by atoms with E-state index in [1.807, 2.05) is 40.8 Å². The largest absolute Gasteiger partial charge is 0.495 e. The molecule has 2 atom stereocenters. The van der Waals surface area contributed by atoms with Crippen LogP contribution in [0.2, 0.25) is 0 Å². The highest BCUT2D eigenvalue weighted by Gasteiger charge is 2.50. The molecule has 2 aliphatic rings. The molecule has 0 saturated carbocycles. The normalized spacial score (nSPS) is 23.0. The Morgan fingerprint density at radius 2 is 2.06 bits per heavy atom. The standard InChI is InChI=1S/C26H27FN4O3/c1-17-10-20(11-19-4-9-23(24(12-19)33-3)30-14-18(2)28-16-30)25-29-34-26(15-32,31(25)13-17)21-5-7-22(27)8-6-21/h4-9,11-12,14,16-17,32H,10,13,15H2,1-3H3/t17-,26-/m1/s1. The Bertz CT molecular complexity index is 1270. The van der Waals surface area contributed by atoms with Gasteiger partial charge in [0.25, 0.3) is 5.72 Å². The Morgan fingerprint density at radius 3 is 2.74 bits per heavy atom. The zero-order chi connectivity index (χ0) is 23.9. The molecule has 0 amide bonds. The molecule has 176 valence electrons. The van der Waals surface area contributed by atoms with Crippen molar-refractivity contribution < 1.29 is 19.1 Å². The van der Waals surface area contributed by atoms with Gasteiger partial charge in [-0.1, -0.05) is 18.1 Å². The van der Waals surface area contributed by atoms with Crippen molar-refractivity contribution in [1.82, 2.24) is 14.5 Å². The van der Waals surface area contributed by atoms with Crippen LogP contribution in [0.4, 0.5) is 4.39 Å². The average molecular weight is 463 g/mol. The summed E-state index contributed by atoms with van der Waals surface area (Å²) in [4.78, 5) is 12.2. The molecule has 1 fully saturated rings. The Kier molecular flexibility index (Phi) is 5.61. The number of rotatable bonds is 5. The van der Waals surface area contributed by atoms with Gasteiger partial charge in [-0.2, -0.15) is 0 Å². The molecule has 34 heavy (non-hydrogen) atoms. The van der Waals surface area contributed by atoms with E-state index in [-0.39, 0.29) is 12.4 Å². The topological polar surface area (TPSA) is 72.1 Å². The van der Waals surface area contributed by atoms with Gasteiger partial charge in [-0.3, -0.25) is 0 Å². The van der Waals surface area contributed by atoms with E-state index in [0.717, 1.165) is 34.7 Å². The number of aliphatic hydroxyl groups is 1. The number of hydrogen-bond acceptors (Lipinski definition) is 6. The van der Waals surface area contributed by atoms with Crippen molar-refractivity contribution in [1.29, 1.82) is 0 Å².